The monoisotopic (exact) mass is 705 g/mol. The van der Waals surface area contributed by atoms with Crippen LogP contribution in [-0.4, -0.2) is 82.2 Å². The van der Waals surface area contributed by atoms with Crippen molar-refractivity contribution in [3.05, 3.63) is 76.3 Å². The van der Waals surface area contributed by atoms with Crippen LogP contribution in [0.15, 0.2) is 54.7 Å². The highest BCUT2D eigenvalue weighted by molar-refractivity contribution is 7.07. The number of likely N-dealkylation sites (N-methyl/N-ethyl adjacent to an activating group) is 1. The minimum absolute atomic E-state index is 0.0174. The molecule has 0 bridgehead atoms. The van der Waals surface area contributed by atoms with Crippen molar-refractivity contribution in [1.29, 1.82) is 5.26 Å². The Morgan fingerprint density at radius 2 is 1.74 bits per heavy atom. The average molecular weight is 706 g/mol. The molecule has 2 aromatic carbocycles. The van der Waals surface area contributed by atoms with Gasteiger partial charge in [0.25, 0.3) is 5.91 Å². The van der Waals surface area contributed by atoms with E-state index in [1.54, 1.807) is 29.2 Å². The van der Waals surface area contributed by atoms with Gasteiger partial charge < -0.3 is 20.4 Å². The Labute approximate surface area is 294 Å². The summed E-state index contributed by atoms with van der Waals surface area (Å²) in [6.07, 6.45) is 4.70. The number of piperazine rings is 1. The van der Waals surface area contributed by atoms with E-state index >= 15 is 8.78 Å². The second-order valence-electron chi connectivity index (χ2n) is 13.2. The van der Waals surface area contributed by atoms with Crippen LogP contribution in [0.4, 0.5) is 14.5 Å². The molecule has 3 atom stereocenters. The summed E-state index contributed by atoms with van der Waals surface area (Å²) in [5, 5.41) is 18.6. The zero-order valence-electron chi connectivity index (χ0n) is 28.1. The molecule has 0 spiro atoms. The van der Waals surface area contributed by atoms with Crippen molar-refractivity contribution >= 4 is 40.7 Å². The van der Waals surface area contributed by atoms with E-state index < -0.39 is 53.4 Å². The molecule has 3 amide bonds. The maximum absolute atomic E-state index is 15.4. The van der Waals surface area contributed by atoms with Crippen LogP contribution in [0.25, 0.3) is 0 Å². The third-order valence-electron chi connectivity index (χ3n) is 9.82. The number of carbonyl (C=O) groups is 4. The molecule has 2 heterocycles. The van der Waals surface area contributed by atoms with Gasteiger partial charge in [0.1, 0.15) is 10.9 Å². The topological polar surface area (TPSA) is 148 Å². The Kier molecular flexibility index (Phi) is 12.0. The second-order valence-corrected chi connectivity index (χ2v) is 13.9. The summed E-state index contributed by atoms with van der Waals surface area (Å²) in [4.78, 5) is 57.7. The molecular weight excluding hydrogens is 665 g/mol. The molecule has 264 valence electrons. The van der Waals surface area contributed by atoms with Crippen molar-refractivity contribution in [2.75, 3.05) is 38.5 Å². The third kappa shape index (κ3) is 8.75. The summed E-state index contributed by atoms with van der Waals surface area (Å²) in [5.41, 5.74) is 0.591. The van der Waals surface area contributed by atoms with Crippen LogP contribution in [0.3, 0.4) is 0 Å². The van der Waals surface area contributed by atoms with Gasteiger partial charge in [0, 0.05) is 55.7 Å². The minimum Gasteiger partial charge on any atom is -0.339 e. The van der Waals surface area contributed by atoms with Crippen LogP contribution in [0.5, 0.6) is 0 Å². The van der Waals surface area contributed by atoms with Crippen LogP contribution in [0.2, 0.25) is 0 Å². The van der Waals surface area contributed by atoms with Crippen LogP contribution >= 0.6 is 11.5 Å². The Morgan fingerprint density at radius 3 is 2.38 bits per heavy atom. The molecule has 1 aliphatic heterocycles. The fourth-order valence-electron chi connectivity index (χ4n) is 6.68. The lowest BCUT2D eigenvalue weighted by Gasteiger charge is -2.36. The number of carbonyl (C=O) groups excluding carboxylic acids is 4. The zero-order chi connectivity index (χ0) is 35.8. The maximum Gasteiger partial charge on any atom is 0.330 e. The molecule has 0 radical (unpaired) electrons. The number of rotatable bonds is 12. The number of nitrogens with zero attached hydrogens (tertiary/aromatic N) is 5. The first-order chi connectivity index (χ1) is 24.0. The second kappa shape index (κ2) is 16.4. The molecule has 2 aliphatic rings. The molecule has 0 unspecified atom stereocenters. The number of nitriles is 1. The van der Waals surface area contributed by atoms with E-state index in [9.17, 15) is 19.2 Å². The molecular formula is C36H41F2N7O4S. The van der Waals surface area contributed by atoms with Crippen LogP contribution < -0.4 is 10.6 Å². The first-order valence-corrected chi connectivity index (χ1v) is 17.6. The summed E-state index contributed by atoms with van der Waals surface area (Å²) in [6.45, 7) is 4.34. The van der Waals surface area contributed by atoms with Gasteiger partial charge in [0.15, 0.2) is 0 Å². The van der Waals surface area contributed by atoms with Crippen molar-refractivity contribution in [3.8, 4) is 6.07 Å². The average Bonchev–Trinajstić information content (AvgIpc) is 3.69. The number of nitrogens with one attached hydrogen (secondary N) is 2. The van der Waals surface area contributed by atoms with E-state index in [4.69, 9.17) is 5.26 Å². The molecule has 3 aromatic rings. The molecule has 2 fully saturated rings. The number of hydrogen-bond donors (Lipinski definition) is 2. The number of Topliss-reactive ketones (excluding diaryl/α,β-unsaturated/α-hetero) is 1. The fourth-order valence-corrected chi connectivity index (χ4v) is 7.10. The van der Waals surface area contributed by atoms with Crippen molar-refractivity contribution in [1.82, 2.24) is 24.7 Å². The van der Waals surface area contributed by atoms with Gasteiger partial charge in [-0.15, -0.1) is 5.10 Å². The number of benzene rings is 2. The van der Waals surface area contributed by atoms with Gasteiger partial charge in [0.05, 0.1) is 17.8 Å². The smallest absolute Gasteiger partial charge is 0.330 e. The third-order valence-corrected chi connectivity index (χ3v) is 10.5. The molecule has 50 heavy (non-hydrogen) atoms. The number of ketones is 1. The Bertz CT molecular complexity index is 1700. The number of amides is 3. The van der Waals surface area contributed by atoms with Gasteiger partial charge in [-0.05, 0) is 67.2 Å². The summed E-state index contributed by atoms with van der Waals surface area (Å²) < 4.78 is 34.5. The summed E-state index contributed by atoms with van der Waals surface area (Å²) in [5.74, 6) is -8.04. The van der Waals surface area contributed by atoms with Crippen LogP contribution in [-0.2, 0) is 20.3 Å². The van der Waals surface area contributed by atoms with E-state index in [0.717, 1.165) is 48.5 Å². The highest BCUT2D eigenvalue weighted by Crippen LogP contribution is 2.37. The van der Waals surface area contributed by atoms with Gasteiger partial charge in [-0.3, -0.25) is 19.2 Å². The van der Waals surface area contributed by atoms with Gasteiger partial charge in [-0.2, -0.15) is 14.0 Å². The standard InChI is InChI=1S/C36H41F2N7O4S/c1-23(32(42-34(48)30-22-40-43-50-30)35(49)45-17-15-44(2)16-18-45)25-11-13-28(14-12-25)41-33(47)29(26-8-4-3-5-9-26)20-31(46)36(37,38)27-10-6-7-24(19-27)21-39/h6-7,10-14,19,22-23,26,29,32H,3-5,8-9,15-18,20H2,1-2H3,(H,41,47)(H,42,48)/t23-,29-,32+/m0/s1. The summed E-state index contributed by atoms with van der Waals surface area (Å²) >= 11 is 0.934. The normalized spacial score (nSPS) is 17.6. The zero-order valence-corrected chi connectivity index (χ0v) is 28.9. The van der Waals surface area contributed by atoms with Gasteiger partial charge in [-0.1, -0.05) is 54.9 Å². The van der Waals surface area contributed by atoms with Crippen molar-refractivity contribution < 1.29 is 28.0 Å². The molecule has 1 saturated carbocycles. The Morgan fingerprint density at radius 1 is 1.04 bits per heavy atom. The highest BCUT2D eigenvalue weighted by atomic mass is 32.1. The maximum atomic E-state index is 15.4. The molecule has 1 aliphatic carbocycles. The van der Waals surface area contributed by atoms with E-state index in [1.165, 1.54) is 18.3 Å². The van der Waals surface area contributed by atoms with E-state index in [1.807, 2.05) is 20.0 Å². The lowest BCUT2D eigenvalue weighted by atomic mass is 9.76. The first-order valence-electron chi connectivity index (χ1n) is 16.9. The SMILES string of the molecule is C[C@@H](c1ccc(NC(=O)[C@@H](CC(=O)C(F)(F)c2cccc(C#N)c2)C2CCCCC2)cc1)[C@@H](NC(=O)c1cnns1)C(=O)N1CCN(C)CC1. The van der Waals surface area contributed by atoms with Crippen molar-refractivity contribution in [3.63, 3.8) is 0 Å². The lowest BCUT2D eigenvalue weighted by molar-refractivity contribution is -0.147. The van der Waals surface area contributed by atoms with Crippen molar-refractivity contribution in [2.45, 2.75) is 63.3 Å². The molecule has 5 rings (SSSR count). The van der Waals surface area contributed by atoms with Crippen LogP contribution in [0, 0.1) is 23.2 Å². The Hall–Kier alpha value is -4.61. The van der Waals surface area contributed by atoms with Gasteiger partial charge in [0.2, 0.25) is 17.6 Å². The number of hydrogen-bond acceptors (Lipinski definition) is 9. The predicted octanol–water partition coefficient (Wildman–Crippen LogP) is 4.97. The van der Waals surface area contributed by atoms with E-state index in [0.29, 0.717) is 44.7 Å². The summed E-state index contributed by atoms with van der Waals surface area (Å²) in [6, 6.07) is 12.6. The van der Waals surface area contributed by atoms with E-state index in [2.05, 4.69) is 25.1 Å². The fraction of sp³-hybridized carbons (Fsp3) is 0.472. The van der Waals surface area contributed by atoms with E-state index in [-0.39, 0.29) is 22.3 Å². The largest absolute Gasteiger partial charge is 0.339 e. The quantitative estimate of drug-likeness (QED) is 0.269. The number of halogens is 2. The highest BCUT2D eigenvalue weighted by Gasteiger charge is 2.44. The molecule has 1 saturated heterocycles. The molecule has 11 nitrogen and oxygen atoms in total. The number of aromatic nitrogens is 2. The summed E-state index contributed by atoms with van der Waals surface area (Å²) in [7, 11) is 1.99. The van der Waals surface area contributed by atoms with Crippen molar-refractivity contribution in [2.24, 2.45) is 11.8 Å². The predicted molar refractivity (Wildman–Crippen MR) is 183 cm³/mol. The number of anilines is 1. The minimum atomic E-state index is -3.86. The Balaban J connectivity index is 1.31. The van der Waals surface area contributed by atoms with Gasteiger partial charge >= 0.3 is 5.92 Å². The molecule has 1 aromatic heterocycles. The van der Waals surface area contributed by atoms with Crippen LogP contribution in [0.1, 0.15) is 77.7 Å². The lowest BCUT2D eigenvalue weighted by Crippen LogP contribution is -2.55. The molecule has 14 heteroatoms. The van der Waals surface area contributed by atoms with Gasteiger partial charge in [-0.25, -0.2) is 0 Å². The first kappa shape index (κ1) is 36.7. The number of alkyl halides is 2. The molecule has 2 N–H and O–H groups in total.